The first-order valence-electron chi connectivity index (χ1n) is 9.98. The zero-order valence-corrected chi connectivity index (χ0v) is 17.6. The Labute approximate surface area is 182 Å². The van der Waals surface area contributed by atoms with Gasteiger partial charge in [0.25, 0.3) is 0 Å². The van der Waals surface area contributed by atoms with Crippen molar-refractivity contribution < 1.29 is 13.2 Å². The summed E-state index contributed by atoms with van der Waals surface area (Å²) < 4.78 is 38.3. The third kappa shape index (κ3) is 3.69. The number of anilines is 1. The second kappa shape index (κ2) is 7.09. The number of aromatic nitrogens is 2. The molecule has 0 radical (unpaired) electrons. The molecule has 0 unspecified atom stereocenters. The predicted octanol–water partition coefficient (Wildman–Crippen LogP) is 6.07. The highest BCUT2D eigenvalue weighted by atomic mass is 32.1. The first-order valence-corrected chi connectivity index (χ1v) is 10.9. The standard InChI is InChI=1S/C23H21F3N4S/c1-14(19-7-22(8-19)11-30(12-22)15(2)23(24,25)26)29-21-6-18-5-16(20-10-27-13-31-20)3-4-17(18)9-28-21/h3-6,9-10,13,19H,1-2,7-8,11-12H2,(H,28,29). The number of hydrogen-bond donors (Lipinski definition) is 1. The van der Waals surface area contributed by atoms with E-state index in [0.29, 0.717) is 13.1 Å². The Morgan fingerprint density at radius 3 is 2.58 bits per heavy atom. The lowest BCUT2D eigenvalue weighted by molar-refractivity contribution is -0.146. The molecule has 2 fully saturated rings. The van der Waals surface area contributed by atoms with Crippen LogP contribution in [-0.2, 0) is 0 Å². The lowest BCUT2D eigenvalue weighted by Gasteiger charge is -2.60. The van der Waals surface area contributed by atoms with E-state index in [2.05, 4.69) is 40.6 Å². The van der Waals surface area contributed by atoms with Gasteiger partial charge in [-0.15, -0.1) is 11.3 Å². The molecule has 5 rings (SSSR count). The van der Waals surface area contributed by atoms with Crippen LogP contribution in [0.4, 0.5) is 19.0 Å². The smallest absolute Gasteiger partial charge is 0.367 e. The number of likely N-dealkylation sites (tertiary alicyclic amines) is 1. The molecule has 1 aliphatic carbocycles. The molecular formula is C23H21F3N4S. The summed E-state index contributed by atoms with van der Waals surface area (Å²) in [6.07, 6.45) is 1.01. The number of hydrogen-bond acceptors (Lipinski definition) is 5. The van der Waals surface area contributed by atoms with Crippen molar-refractivity contribution in [1.29, 1.82) is 0 Å². The van der Waals surface area contributed by atoms with Gasteiger partial charge >= 0.3 is 6.18 Å². The maximum absolute atomic E-state index is 12.8. The second-order valence-electron chi connectivity index (χ2n) is 8.55. The third-order valence-corrected chi connectivity index (χ3v) is 7.16. The monoisotopic (exact) mass is 442 g/mol. The molecule has 1 aliphatic heterocycles. The molecule has 0 bridgehead atoms. The molecule has 1 spiro atoms. The topological polar surface area (TPSA) is 41.1 Å². The van der Waals surface area contributed by atoms with Gasteiger partial charge in [0.15, 0.2) is 0 Å². The van der Waals surface area contributed by atoms with Crippen molar-refractivity contribution in [2.24, 2.45) is 11.3 Å². The number of pyridine rings is 1. The zero-order valence-electron chi connectivity index (χ0n) is 16.7. The zero-order chi connectivity index (χ0) is 21.8. The summed E-state index contributed by atoms with van der Waals surface area (Å²) in [7, 11) is 0. The summed E-state index contributed by atoms with van der Waals surface area (Å²) >= 11 is 1.60. The molecule has 8 heteroatoms. The normalized spacial score (nSPS) is 18.0. The van der Waals surface area contributed by atoms with Crippen LogP contribution in [0.3, 0.4) is 0 Å². The van der Waals surface area contributed by atoms with Gasteiger partial charge in [-0.2, -0.15) is 13.2 Å². The predicted molar refractivity (Wildman–Crippen MR) is 118 cm³/mol. The number of fused-ring (bicyclic) bond motifs is 1. The summed E-state index contributed by atoms with van der Waals surface area (Å²) in [5, 5.41) is 5.43. The average Bonchev–Trinajstić information content (AvgIpc) is 3.19. The molecule has 3 heterocycles. The quantitative estimate of drug-likeness (QED) is 0.521. The Hall–Kier alpha value is -2.87. The van der Waals surface area contributed by atoms with Crippen molar-refractivity contribution in [1.82, 2.24) is 14.9 Å². The molecule has 1 N–H and O–H groups in total. The molecule has 1 saturated carbocycles. The molecule has 4 nitrogen and oxygen atoms in total. The van der Waals surface area contributed by atoms with Gasteiger partial charge in [0.05, 0.1) is 10.4 Å². The maximum Gasteiger partial charge on any atom is 0.430 e. The van der Waals surface area contributed by atoms with Gasteiger partial charge in [-0.3, -0.25) is 4.98 Å². The third-order valence-electron chi connectivity index (χ3n) is 6.34. The average molecular weight is 443 g/mol. The van der Waals surface area contributed by atoms with Gasteiger partial charge in [0.2, 0.25) is 0 Å². The van der Waals surface area contributed by atoms with Crippen molar-refractivity contribution >= 4 is 27.9 Å². The summed E-state index contributed by atoms with van der Waals surface area (Å²) in [5.74, 6) is 0.961. The van der Waals surface area contributed by atoms with Crippen LogP contribution >= 0.6 is 11.3 Å². The molecule has 2 aromatic heterocycles. The lowest BCUT2D eigenvalue weighted by Crippen LogP contribution is -2.63. The van der Waals surface area contributed by atoms with Crippen molar-refractivity contribution in [3.05, 3.63) is 66.7 Å². The van der Waals surface area contributed by atoms with Crippen molar-refractivity contribution in [2.45, 2.75) is 19.0 Å². The number of halogens is 3. The number of allylic oxidation sites excluding steroid dienone is 2. The number of rotatable bonds is 5. The highest BCUT2D eigenvalue weighted by molar-refractivity contribution is 7.13. The van der Waals surface area contributed by atoms with E-state index in [9.17, 15) is 13.2 Å². The number of thiazole rings is 1. The Balaban J connectivity index is 1.21. The summed E-state index contributed by atoms with van der Waals surface area (Å²) in [6, 6.07) is 8.22. The molecule has 3 aromatic rings. The molecule has 160 valence electrons. The molecule has 2 aliphatic rings. The number of nitrogens with zero attached hydrogens (tertiary/aromatic N) is 3. The van der Waals surface area contributed by atoms with Crippen LogP contribution in [0.2, 0.25) is 0 Å². The molecule has 31 heavy (non-hydrogen) atoms. The number of benzene rings is 1. The van der Waals surface area contributed by atoms with Crippen LogP contribution in [0.5, 0.6) is 0 Å². The fourth-order valence-corrected chi connectivity index (χ4v) is 5.23. The SMILES string of the molecule is C=C(Nc1cc2cc(-c3cncs3)ccc2cn1)C1CC2(C1)CN(C(=C)C(F)(F)F)C2. The molecular weight excluding hydrogens is 421 g/mol. The van der Waals surface area contributed by atoms with Gasteiger partial charge in [-0.25, -0.2) is 4.98 Å². The van der Waals surface area contributed by atoms with E-state index in [0.717, 1.165) is 45.6 Å². The fourth-order valence-electron chi connectivity index (χ4n) is 4.61. The van der Waals surface area contributed by atoms with Gasteiger partial charge in [-0.1, -0.05) is 25.3 Å². The fraction of sp³-hybridized carbons (Fsp3) is 0.304. The Morgan fingerprint density at radius 2 is 1.90 bits per heavy atom. The lowest BCUT2D eigenvalue weighted by atomic mass is 9.57. The van der Waals surface area contributed by atoms with Crippen LogP contribution in [0.1, 0.15) is 12.8 Å². The van der Waals surface area contributed by atoms with Crippen LogP contribution in [0, 0.1) is 11.3 Å². The first kappa shape index (κ1) is 20.1. The molecule has 1 saturated heterocycles. The highest BCUT2D eigenvalue weighted by Gasteiger charge is 2.55. The van der Waals surface area contributed by atoms with E-state index in [1.54, 1.807) is 11.3 Å². The minimum atomic E-state index is -4.35. The van der Waals surface area contributed by atoms with E-state index >= 15 is 0 Å². The van der Waals surface area contributed by atoms with Gasteiger partial charge in [-0.05, 0) is 41.8 Å². The van der Waals surface area contributed by atoms with Crippen LogP contribution in [0.25, 0.3) is 21.2 Å². The van der Waals surface area contributed by atoms with E-state index in [4.69, 9.17) is 0 Å². The van der Waals surface area contributed by atoms with Gasteiger partial charge < -0.3 is 10.2 Å². The van der Waals surface area contributed by atoms with Gasteiger partial charge in [0.1, 0.15) is 11.5 Å². The summed E-state index contributed by atoms with van der Waals surface area (Å²) in [4.78, 5) is 11.1. The highest BCUT2D eigenvalue weighted by Crippen LogP contribution is 2.55. The summed E-state index contributed by atoms with van der Waals surface area (Å²) in [5.41, 5.74) is 3.02. The van der Waals surface area contributed by atoms with Crippen molar-refractivity contribution in [3.8, 4) is 10.4 Å². The first-order chi connectivity index (χ1) is 14.7. The second-order valence-corrected chi connectivity index (χ2v) is 9.44. The van der Waals surface area contributed by atoms with Crippen LogP contribution in [0.15, 0.2) is 66.7 Å². The minimum Gasteiger partial charge on any atom is -0.367 e. The number of alkyl halides is 3. The minimum absolute atomic E-state index is 0.0378. The van der Waals surface area contributed by atoms with Gasteiger partial charge in [0, 0.05) is 42.0 Å². The van der Waals surface area contributed by atoms with E-state index in [1.165, 1.54) is 4.90 Å². The maximum atomic E-state index is 12.8. The van der Waals surface area contributed by atoms with Crippen molar-refractivity contribution in [2.75, 3.05) is 18.4 Å². The Bertz CT molecular complexity index is 1160. The van der Waals surface area contributed by atoms with E-state index in [1.807, 2.05) is 30.0 Å². The Morgan fingerprint density at radius 1 is 1.13 bits per heavy atom. The van der Waals surface area contributed by atoms with Crippen LogP contribution < -0.4 is 5.32 Å². The van der Waals surface area contributed by atoms with E-state index < -0.39 is 11.9 Å². The molecule has 1 aromatic carbocycles. The van der Waals surface area contributed by atoms with E-state index in [-0.39, 0.29) is 11.3 Å². The van der Waals surface area contributed by atoms with Crippen molar-refractivity contribution in [3.63, 3.8) is 0 Å². The number of nitrogens with one attached hydrogen (secondary N) is 1. The molecule has 0 atom stereocenters. The summed E-state index contributed by atoms with van der Waals surface area (Å²) in [6.45, 7) is 8.19. The molecule has 0 amide bonds. The Kier molecular flexibility index (Phi) is 4.58. The van der Waals surface area contributed by atoms with Crippen LogP contribution in [-0.4, -0.2) is 34.1 Å². The largest absolute Gasteiger partial charge is 0.430 e.